The van der Waals surface area contributed by atoms with Gasteiger partial charge in [0.25, 0.3) is 0 Å². The summed E-state index contributed by atoms with van der Waals surface area (Å²) in [6.07, 6.45) is 6.13. The van der Waals surface area contributed by atoms with E-state index in [0.29, 0.717) is 25.9 Å². The van der Waals surface area contributed by atoms with E-state index in [0.717, 1.165) is 24.9 Å². The summed E-state index contributed by atoms with van der Waals surface area (Å²) in [5.41, 5.74) is 2.23. The predicted octanol–water partition coefficient (Wildman–Crippen LogP) is 2.57. The molecule has 0 saturated carbocycles. The van der Waals surface area contributed by atoms with Gasteiger partial charge in [0.2, 0.25) is 11.8 Å². The highest BCUT2D eigenvalue weighted by Crippen LogP contribution is 2.20. The summed E-state index contributed by atoms with van der Waals surface area (Å²) in [6, 6.07) is 13.9. The first-order chi connectivity index (χ1) is 12.7. The van der Waals surface area contributed by atoms with Crippen molar-refractivity contribution >= 4 is 11.8 Å². The fourth-order valence-corrected chi connectivity index (χ4v) is 3.32. The normalized spacial score (nSPS) is 16.5. The van der Waals surface area contributed by atoms with Crippen molar-refractivity contribution in [3.63, 3.8) is 0 Å². The molecule has 0 aliphatic carbocycles. The van der Waals surface area contributed by atoms with Crippen LogP contribution in [0.1, 0.15) is 30.4 Å². The van der Waals surface area contributed by atoms with E-state index in [9.17, 15) is 9.59 Å². The Labute approximate surface area is 154 Å². The number of carbonyl (C=O) groups is 2. The summed E-state index contributed by atoms with van der Waals surface area (Å²) in [5.74, 6) is 0.493. The number of nitrogens with zero attached hydrogens (tertiary/aromatic N) is 2. The first-order valence-corrected chi connectivity index (χ1v) is 9.18. The maximum atomic E-state index is 12.4. The van der Waals surface area contributed by atoms with Crippen LogP contribution in [-0.4, -0.2) is 34.8 Å². The second-order valence-electron chi connectivity index (χ2n) is 6.82. The second kappa shape index (κ2) is 9.13. The van der Waals surface area contributed by atoms with Crippen molar-refractivity contribution < 1.29 is 9.59 Å². The van der Waals surface area contributed by atoms with E-state index in [4.69, 9.17) is 0 Å². The molecule has 2 amide bonds. The van der Waals surface area contributed by atoms with Crippen LogP contribution >= 0.6 is 0 Å². The van der Waals surface area contributed by atoms with Crippen LogP contribution in [0.2, 0.25) is 0 Å². The average Bonchev–Trinajstić information content (AvgIpc) is 3.14. The number of nitrogens with one attached hydrogen (secondary N) is 1. The number of carbonyl (C=O) groups excluding carboxylic acids is 2. The standard InChI is InChI=1S/C21H25N3O2/c25-20(23-15-18-8-11-22-12-9-18)14-19-10-13-24(16-19)21(26)7-6-17-4-2-1-3-5-17/h1-5,8-9,11-12,19H,6-7,10,13-16H2,(H,23,25). The molecule has 2 aromatic rings. The highest BCUT2D eigenvalue weighted by Gasteiger charge is 2.27. The molecule has 1 atom stereocenters. The Balaban J connectivity index is 1.37. The molecule has 5 nitrogen and oxygen atoms in total. The van der Waals surface area contributed by atoms with Crippen LogP contribution in [0.15, 0.2) is 54.9 Å². The van der Waals surface area contributed by atoms with Gasteiger partial charge in [-0.2, -0.15) is 0 Å². The number of rotatable bonds is 7. The Bertz CT molecular complexity index is 719. The minimum atomic E-state index is 0.0467. The monoisotopic (exact) mass is 351 g/mol. The topological polar surface area (TPSA) is 62.3 Å². The predicted molar refractivity (Wildman–Crippen MR) is 100 cm³/mol. The summed E-state index contributed by atoms with van der Waals surface area (Å²) in [7, 11) is 0. The van der Waals surface area contributed by atoms with E-state index < -0.39 is 0 Å². The molecule has 26 heavy (non-hydrogen) atoms. The zero-order valence-corrected chi connectivity index (χ0v) is 14.9. The Morgan fingerprint density at radius 3 is 2.62 bits per heavy atom. The van der Waals surface area contributed by atoms with E-state index in [1.165, 1.54) is 5.56 Å². The second-order valence-corrected chi connectivity index (χ2v) is 6.82. The van der Waals surface area contributed by atoms with Crippen LogP contribution in [0.5, 0.6) is 0 Å². The van der Waals surface area contributed by atoms with E-state index in [1.807, 2.05) is 47.4 Å². The smallest absolute Gasteiger partial charge is 0.222 e. The molecular weight excluding hydrogens is 326 g/mol. The molecule has 0 radical (unpaired) electrons. The van der Waals surface area contributed by atoms with Crippen molar-refractivity contribution in [2.75, 3.05) is 13.1 Å². The Morgan fingerprint density at radius 2 is 1.85 bits per heavy atom. The number of hydrogen-bond acceptors (Lipinski definition) is 3. The summed E-state index contributed by atoms with van der Waals surface area (Å²) >= 11 is 0. The zero-order valence-electron chi connectivity index (χ0n) is 14.9. The molecular formula is C21H25N3O2. The quantitative estimate of drug-likeness (QED) is 0.834. The summed E-state index contributed by atoms with van der Waals surface area (Å²) in [6.45, 7) is 1.97. The van der Waals surface area contributed by atoms with Gasteiger partial charge in [-0.15, -0.1) is 0 Å². The molecule has 1 aliphatic rings. The molecule has 3 rings (SSSR count). The van der Waals surface area contributed by atoms with Gasteiger partial charge in [0.1, 0.15) is 0 Å². The molecule has 1 unspecified atom stereocenters. The minimum absolute atomic E-state index is 0.0467. The van der Waals surface area contributed by atoms with E-state index >= 15 is 0 Å². The fourth-order valence-electron chi connectivity index (χ4n) is 3.32. The van der Waals surface area contributed by atoms with Crippen molar-refractivity contribution in [3.05, 3.63) is 66.0 Å². The van der Waals surface area contributed by atoms with Crippen molar-refractivity contribution in [3.8, 4) is 0 Å². The van der Waals surface area contributed by atoms with Crippen molar-refractivity contribution in [2.24, 2.45) is 5.92 Å². The highest BCUT2D eigenvalue weighted by molar-refractivity contribution is 5.78. The lowest BCUT2D eigenvalue weighted by Crippen LogP contribution is -2.30. The number of hydrogen-bond donors (Lipinski definition) is 1. The number of pyridine rings is 1. The molecule has 0 bridgehead atoms. The minimum Gasteiger partial charge on any atom is -0.352 e. The van der Waals surface area contributed by atoms with Crippen LogP contribution in [0.3, 0.4) is 0 Å². The third-order valence-corrected chi connectivity index (χ3v) is 4.82. The van der Waals surface area contributed by atoms with Crippen molar-refractivity contribution in [1.82, 2.24) is 15.2 Å². The molecule has 1 N–H and O–H groups in total. The van der Waals surface area contributed by atoms with E-state index in [-0.39, 0.29) is 17.7 Å². The third-order valence-electron chi connectivity index (χ3n) is 4.82. The Kier molecular flexibility index (Phi) is 6.36. The van der Waals surface area contributed by atoms with Crippen molar-refractivity contribution in [1.29, 1.82) is 0 Å². The molecule has 0 spiro atoms. The SMILES string of the molecule is O=C(CC1CCN(C(=O)CCc2ccccc2)C1)NCc1ccncc1. The number of benzene rings is 1. The Morgan fingerprint density at radius 1 is 1.08 bits per heavy atom. The molecule has 1 saturated heterocycles. The third kappa shape index (κ3) is 5.41. The summed E-state index contributed by atoms with van der Waals surface area (Å²) in [4.78, 5) is 30.4. The maximum absolute atomic E-state index is 12.4. The Hall–Kier alpha value is -2.69. The summed E-state index contributed by atoms with van der Waals surface area (Å²) < 4.78 is 0. The van der Waals surface area contributed by atoms with Crippen LogP contribution in [0.25, 0.3) is 0 Å². The number of aromatic nitrogens is 1. The lowest BCUT2D eigenvalue weighted by Gasteiger charge is -2.16. The van der Waals surface area contributed by atoms with Gasteiger partial charge >= 0.3 is 0 Å². The molecule has 1 fully saturated rings. The number of amides is 2. The number of aryl methyl sites for hydroxylation is 1. The van der Waals surface area contributed by atoms with E-state index in [1.54, 1.807) is 12.4 Å². The van der Waals surface area contributed by atoms with Gasteiger partial charge in [0.15, 0.2) is 0 Å². The largest absolute Gasteiger partial charge is 0.352 e. The summed E-state index contributed by atoms with van der Waals surface area (Å²) in [5, 5.41) is 2.95. The van der Waals surface area contributed by atoms with Gasteiger partial charge in [0.05, 0.1) is 0 Å². The lowest BCUT2D eigenvalue weighted by molar-refractivity contribution is -0.130. The lowest BCUT2D eigenvalue weighted by atomic mass is 10.0. The molecule has 2 heterocycles. The molecule has 5 heteroatoms. The zero-order chi connectivity index (χ0) is 18.2. The van der Waals surface area contributed by atoms with Gasteiger partial charge < -0.3 is 10.2 Å². The van der Waals surface area contributed by atoms with Gasteiger partial charge in [-0.25, -0.2) is 0 Å². The van der Waals surface area contributed by atoms with Crippen LogP contribution in [-0.2, 0) is 22.6 Å². The van der Waals surface area contributed by atoms with Gasteiger partial charge in [-0.3, -0.25) is 14.6 Å². The molecule has 136 valence electrons. The molecule has 1 aliphatic heterocycles. The molecule has 1 aromatic carbocycles. The van der Waals surface area contributed by atoms with Gasteiger partial charge in [-0.05, 0) is 42.0 Å². The van der Waals surface area contributed by atoms with Crippen LogP contribution in [0, 0.1) is 5.92 Å². The van der Waals surface area contributed by atoms with Crippen molar-refractivity contribution in [2.45, 2.75) is 32.2 Å². The highest BCUT2D eigenvalue weighted by atomic mass is 16.2. The average molecular weight is 351 g/mol. The first-order valence-electron chi connectivity index (χ1n) is 9.18. The maximum Gasteiger partial charge on any atom is 0.222 e. The number of likely N-dealkylation sites (tertiary alicyclic amines) is 1. The fraction of sp³-hybridized carbons (Fsp3) is 0.381. The van der Waals surface area contributed by atoms with E-state index in [2.05, 4.69) is 10.3 Å². The van der Waals surface area contributed by atoms with Crippen LogP contribution in [0.4, 0.5) is 0 Å². The van der Waals surface area contributed by atoms with Gasteiger partial charge in [0, 0.05) is 44.9 Å². The first kappa shape index (κ1) is 18.1. The van der Waals surface area contributed by atoms with Gasteiger partial charge in [-0.1, -0.05) is 30.3 Å². The van der Waals surface area contributed by atoms with Crippen LogP contribution < -0.4 is 5.32 Å². The molecule has 1 aromatic heterocycles.